The molecule has 0 heterocycles. The maximum Gasteiger partial charge on any atom is 0.192 e. The molecule has 0 saturated heterocycles. The van der Waals surface area contributed by atoms with Crippen molar-refractivity contribution >= 4 is 8.32 Å². The van der Waals surface area contributed by atoms with Crippen molar-refractivity contribution in [2.24, 2.45) is 0 Å². The Morgan fingerprint density at radius 3 is 0.550 bits per heavy atom. The molecule has 362 valence electrons. The van der Waals surface area contributed by atoms with E-state index in [0.717, 1.165) is 13.2 Å². The topological polar surface area (TPSA) is 18.5 Å². The summed E-state index contributed by atoms with van der Waals surface area (Å²) >= 11 is 0. The zero-order valence-electron chi connectivity index (χ0n) is 42.8. The van der Waals surface area contributed by atoms with Gasteiger partial charge in [-0.25, -0.2) is 0 Å². The lowest BCUT2D eigenvalue weighted by atomic mass is 10.0. The van der Waals surface area contributed by atoms with Gasteiger partial charge in [-0.15, -0.1) is 0 Å². The third-order valence-corrected chi connectivity index (χ3v) is 18.8. The van der Waals surface area contributed by atoms with Crippen molar-refractivity contribution in [1.82, 2.24) is 0 Å². The van der Waals surface area contributed by atoms with Crippen LogP contribution in [0, 0.1) is 0 Å². The Morgan fingerprint density at radius 2 is 0.383 bits per heavy atom. The van der Waals surface area contributed by atoms with Crippen molar-refractivity contribution < 1.29 is 9.16 Å². The van der Waals surface area contributed by atoms with E-state index in [1.54, 1.807) is 0 Å². The number of ether oxygens (including phenoxy) is 1. The largest absolute Gasteiger partial charge is 0.414 e. The third kappa shape index (κ3) is 47.6. The Kier molecular flexibility index (Phi) is 53.6. The molecule has 0 aromatic carbocycles. The van der Waals surface area contributed by atoms with Gasteiger partial charge in [0.2, 0.25) is 0 Å². The van der Waals surface area contributed by atoms with Crippen molar-refractivity contribution in [3.8, 4) is 0 Å². The highest BCUT2D eigenvalue weighted by molar-refractivity contribution is 6.73. The van der Waals surface area contributed by atoms with Gasteiger partial charge in [-0.2, -0.15) is 0 Å². The molecule has 0 aromatic rings. The maximum atomic E-state index is 7.06. The average molecular weight is 864 g/mol. The molecule has 0 aliphatic heterocycles. The van der Waals surface area contributed by atoms with Crippen LogP contribution in [0.1, 0.15) is 329 Å². The standard InChI is InChI=1S/C57H118O2Si/c1-5-8-11-14-17-20-23-26-29-32-35-38-41-44-47-50-55-60(59-54-53-58-4,56-51-48-45-42-39-36-33-30-27-24-21-18-15-12-9-6-2)57-52-49-46-43-40-37-34-31-28-25-22-19-16-13-10-7-3/h5-57H2,1-4H3. The highest BCUT2D eigenvalue weighted by Gasteiger charge is 2.33. The van der Waals surface area contributed by atoms with Gasteiger partial charge in [0.25, 0.3) is 0 Å². The summed E-state index contributed by atoms with van der Waals surface area (Å²) in [7, 11) is 0.120. The molecule has 0 N–H and O–H groups in total. The lowest BCUT2D eigenvalue weighted by Crippen LogP contribution is -2.39. The Morgan fingerprint density at radius 1 is 0.217 bits per heavy atom. The highest BCUT2D eigenvalue weighted by atomic mass is 28.4. The van der Waals surface area contributed by atoms with Crippen LogP contribution in [-0.2, 0) is 9.16 Å². The Labute approximate surface area is 383 Å². The molecule has 0 rings (SSSR count). The number of hydrogen-bond donors (Lipinski definition) is 0. The molecule has 60 heavy (non-hydrogen) atoms. The van der Waals surface area contributed by atoms with E-state index >= 15 is 0 Å². The zero-order chi connectivity index (χ0) is 43.4. The lowest BCUT2D eigenvalue weighted by Gasteiger charge is -2.32. The molecule has 0 fully saturated rings. The Balaban J connectivity index is 4.49. The summed E-state index contributed by atoms with van der Waals surface area (Å²) in [5, 5.41) is 0. The van der Waals surface area contributed by atoms with Crippen molar-refractivity contribution in [3.05, 3.63) is 0 Å². The van der Waals surface area contributed by atoms with Crippen LogP contribution in [0.3, 0.4) is 0 Å². The van der Waals surface area contributed by atoms with E-state index in [1.807, 2.05) is 7.11 Å². The van der Waals surface area contributed by atoms with E-state index in [9.17, 15) is 0 Å². The van der Waals surface area contributed by atoms with Gasteiger partial charge in [-0.3, -0.25) is 0 Å². The molecule has 0 bridgehead atoms. The predicted octanol–water partition coefficient (Wildman–Crippen LogP) is 21.4. The van der Waals surface area contributed by atoms with Gasteiger partial charge in [0, 0.05) is 7.11 Å². The second-order valence-corrected chi connectivity index (χ2v) is 24.3. The third-order valence-electron chi connectivity index (χ3n) is 14.2. The quantitative estimate of drug-likeness (QED) is 0.0448. The van der Waals surface area contributed by atoms with Crippen LogP contribution >= 0.6 is 0 Å². The minimum atomic E-state index is -1.73. The van der Waals surface area contributed by atoms with Gasteiger partial charge in [0.15, 0.2) is 8.32 Å². The summed E-state index contributed by atoms with van der Waals surface area (Å²) in [6.07, 6.45) is 69.7. The number of rotatable bonds is 55. The van der Waals surface area contributed by atoms with Crippen LogP contribution in [0.5, 0.6) is 0 Å². The summed E-state index contributed by atoms with van der Waals surface area (Å²) < 4.78 is 12.6. The molecule has 0 radical (unpaired) electrons. The number of hydrogen-bond acceptors (Lipinski definition) is 2. The molecule has 0 saturated carbocycles. The van der Waals surface area contributed by atoms with E-state index in [0.29, 0.717) is 0 Å². The van der Waals surface area contributed by atoms with Crippen LogP contribution in [0.4, 0.5) is 0 Å². The van der Waals surface area contributed by atoms with Gasteiger partial charge >= 0.3 is 0 Å². The molecule has 0 aliphatic rings. The van der Waals surface area contributed by atoms with Crippen LogP contribution in [0.25, 0.3) is 0 Å². The lowest BCUT2D eigenvalue weighted by molar-refractivity contribution is 0.140. The minimum Gasteiger partial charge on any atom is -0.414 e. The van der Waals surface area contributed by atoms with Crippen LogP contribution in [0.2, 0.25) is 18.1 Å². The zero-order valence-corrected chi connectivity index (χ0v) is 43.8. The molecule has 0 atom stereocenters. The molecule has 0 unspecified atom stereocenters. The molecular formula is C57H118O2Si. The van der Waals surface area contributed by atoms with E-state index in [4.69, 9.17) is 9.16 Å². The number of methoxy groups -OCH3 is 1. The fourth-order valence-corrected chi connectivity index (χ4v) is 14.3. The van der Waals surface area contributed by atoms with E-state index in [-0.39, 0.29) is 0 Å². The summed E-state index contributed by atoms with van der Waals surface area (Å²) in [4.78, 5) is 0. The first-order valence-electron chi connectivity index (χ1n) is 28.9. The van der Waals surface area contributed by atoms with E-state index < -0.39 is 8.32 Å². The molecule has 2 nitrogen and oxygen atoms in total. The van der Waals surface area contributed by atoms with Crippen molar-refractivity contribution in [2.75, 3.05) is 20.3 Å². The summed E-state index contributed by atoms with van der Waals surface area (Å²) in [6, 6.07) is 4.23. The van der Waals surface area contributed by atoms with Crippen LogP contribution in [0.15, 0.2) is 0 Å². The monoisotopic (exact) mass is 863 g/mol. The molecule has 0 aliphatic carbocycles. The summed E-state index contributed by atoms with van der Waals surface area (Å²) in [6.45, 7) is 8.56. The Hall–Kier alpha value is 0.137. The van der Waals surface area contributed by atoms with Gasteiger partial charge in [-0.05, 0) is 18.1 Å². The summed E-state index contributed by atoms with van der Waals surface area (Å²) in [5.41, 5.74) is 0. The van der Waals surface area contributed by atoms with E-state index in [1.165, 1.54) is 326 Å². The number of unbranched alkanes of at least 4 members (excludes halogenated alkanes) is 45. The molecule has 3 heteroatoms. The molecular weight excluding hydrogens is 745 g/mol. The van der Waals surface area contributed by atoms with Crippen LogP contribution < -0.4 is 0 Å². The smallest absolute Gasteiger partial charge is 0.192 e. The maximum absolute atomic E-state index is 7.06. The Bertz CT molecular complexity index is 653. The van der Waals surface area contributed by atoms with Gasteiger partial charge in [0.05, 0.1) is 13.2 Å². The van der Waals surface area contributed by atoms with Crippen molar-refractivity contribution in [3.63, 3.8) is 0 Å². The van der Waals surface area contributed by atoms with E-state index in [2.05, 4.69) is 20.8 Å². The SMILES string of the molecule is CCCCCCCCCCCCCCCCCC[Si](CCCCCCCCCCCCCCCCCC)(CCCCCCCCCCCCCCCCCC)OCCOC. The van der Waals surface area contributed by atoms with Crippen molar-refractivity contribution in [1.29, 1.82) is 0 Å². The first kappa shape index (κ1) is 60.1. The van der Waals surface area contributed by atoms with Gasteiger partial charge in [0.1, 0.15) is 0 Å². The second kappa shape index (κ2) is 53.5. The summed E-state index contributed by atoms with van der Waals surface area (Å²) in [5.74, 6) is 0. The average Bonchev–Trinajstić information content (AvgIpc) is 3.26. The normalized spacial score (nSPS) is 12.0. The van der Waals surface area contributed by atoms with Gasteiger partial charge in [-0.1, -0.05) is 329 Å². The predicted molar refractivity (Wildman–Crippen MR) is 277 cm³/mol. The first-order chi connectivity index (χ1) is 29.7. The van der Waals surface area contributed by atoms with Crippen LogP contribution in [-0.4, -0.2) is 28.6 Å². The fourth-order valence-electron chi connectivity index (χ4n) is 9.92. The van der Waals surface area contributed by atoms with Crippen molar-refractivity contribution in [2.45, 2.75) is 347 Å². The second-order valence-electron chi connectivity index (χ2n) is 20.2. The first-order valence-corrected chi connectivity index (χ1v) is 31.4. The minimum absolute atomic E-state index is 0.769. The highest BCUT2D eigenvalue weighted by Crippen LogP contribution is 2.31. The molecule has 0 amide bonds. The fraction of sp³-hybridized carbons (Fsp3) is 1.00. The molecule has 0 aromatic heterocycles. The van der Waals surface area contributed by atoms with Gasteiger partial charge < -0.3 is 9.16 Å². The molecule has 0 spiro atoms.